The molecule has 0 unspecified atom stereocenters. The van der Waals surface area contributed by atoms with Crippen LogP contribution in [0.1, 0.15) is 11.4 Å². The molecule has 0 atom stereocenters. The fourth-order valence-electron chi connectivity index (χ4n) is 1.94. The number of rotatable bonds is 3. The second-order valence-electron chi connectivity index (χ2n) is 4.20. The Morgan fingerprint density at radius 2 is 2.26 bits per heavy atom. The van der Waals surface area contributed by atoms with Crippen LogP contribution < -0.4 is 5.32 Å². The molecule has 0 aliphatic carbocycles. The lowest BCUT2D eigenvalue weighted by atomic mass is 10.3. The first-order valence-electron chi connectivity index (χ1n) is 5.73. The molecule has 0 bridgehead atoms. The predicted molar refractivity (Wildman–Crippen MR) is 72.0 cm³/mol. The highest BCUT2D eigenvalue weighted by atomic mass is 35.5. The van der Waals surface area contributed by atoms with E-state index in [0.717, 1.165) is 16.9 Å². The number of aryl methyl sites for hydroxylation is 2. The van der Waals surface area contributed by atoms with Crippen molar-refractivity contribution in [2.24, 2.45) is 7.05 Å². The van der Waals surface area contributed by atoms with Gasteiger partial charge in [0.25, 0.3) is 0 Å². The Morgan fingerprint density at radius 1 is 1.42 bits per heavy atom. The van der Waals surface area contributed by atoms with Crippen molar-refractivity contribution in [2.75, 3.05) is 5.32 Å². The summed E-state index contributed by atoms with van der Waals surface area (Å²) < 4.78 is 1.83. The van der Waals surface area contributed by atoms with Crippen molar-refractivity contribution in [3.05, 3.63) is 29.1 Å². The highest BCUT2D eigenvalue weighted by Crippen LogP contribution is 2.19. The Kier molecular flexibility index (Phi) is 2.83. The Balaban J connectivity index is 1.89. The number of aromatic nitrogens is 6. The lowest BCUT2D eigenvalue weighted by Crippen LogP contribution is -2.07. The third-order valence-electron chi connectivity index (χ3n) is 2.79. The van der Waals surface area contributed by atoms with Crippen molar-refractivity contribution in [1.82, 2.24) is 29.7 Å². The van der Waals surface area contributed by atoms with Crippen LogP contribution in [0, 0.1) is 6.92 Å². The minimum Gasteiger partial charge on any atom is -0.362 e. The Labute approximate surface area is 114 Å². The number of nitrogens with zero attached hydrogens (tertiary/aromatic N) is 5. The zero-order valence-electron chi connectivity index (χ0n) is 10.5. The molecular formula is C11H12ClN7. The average molecular weight is 278 g/mol. The summed E-state index contributed by atoms with van der Waals surface area (Å²) in [5.41, 5.74) is 3.32. The summed E-state index contributed by atoms with van der Waals surface area (Å²) in [6.45, 7) is 2.55. The van der Waals surface area contributed by atoms with Crippen LogP contribution in [0.5, 0.6) is 0 Å². The maximum atomic E-state index is 5.86. The van der Waals surface area contributed by atoms with E-state index in [9.17, 15) is 0 Å². The smallest absolute Gasteiger partial charge is 0.226 e. The number of fused-ring (bicyclic) bond motifs is 1. The van der Waals surface area contributed by atoms with E-state index in [2.05, 4.69) is 30.4 Å². The van der Waals surface area contributed by atoms with E-state index in [0.29, 0.717) is 18.0 Å². The number of halogens is 1. The summed E-state index contributed by atoms with van der Waals surface area (Å²) in [4.78, 5) is 15.3. The molecule has 3 aromatic heterocycles. The number of anilines is 1. The quantitative estimate of drug-likeness (QED) is 0.711. The fourth-order valence-corrected chi connectivity index (χ4v) is 2.10. The predicted octanol–water partition coefficient (Wildman–Crippen LogP) is 1.66. The number of imidazole rings is 1. The molecule has 0 fully saturated rings. The van der Waals surface area contributed by atoms with Gasteiger partial charge in [-0.2, -0.15) is 15.1 Å². The highest BCUT2D eigenvalue weighted by molar-refractivity contribution is 6.28. The summed E-state index contributed by atoms with van der Waals surface area (Å²) in [6, 6.07) is 2.01. The van der Waals surface area contributed by atoms with Gasteiger partial charge in [-0.3, -0.25) is 4.68 Å². The lowest BCUT2D eigenvalue weighted by Gasteiger charge is -2.06. The van der Waals surface area contributed by atoms with Gasteiger partial charge in [0.2, 0.25) is 5.28 Å². The topological polar surface area (TPSA) is 84.3 Å². The summed E-state index contributed by atoms with van der Waals surface area (Å²) in [5.74, 6) is 0.631. The molecule has 19 heavy (non-hydrogen) atoms. The molecule has 98 valence electrons. The maximum absolute atomic E-state index is 5.86. The molecule has 0 saturated heterocycles. The zero-order valence-corrected chi connectivity index (χ0v) is 11.2. The molecule has 0 aromatic carbocycles. The van der Waals surface area contributed by atoms with Gasteiger partial charge < -0.3 is 10.3 Å². The van der Waals surface area contributed by atoms with Crippen LogP contribution in [-0.4, -0.2) is 29.7 Å². The largest absolute Gasteiger partial charge is 0.362 e. The van der Waals surface area contributed by atoms with E-state index < -0.39 is 0 Å². The Hall–Kier alpha value is -2.15. The first-order valence-corrected chi connectivity index (χ1v) is 6.11. The van der Waals surface area contributed by atoms with Gasteiger partial charge in [0.15, 0.2) is 11.5 Å². The number of aromatic amines is 1. The minimum atomic E-state index is 0.170. The van der Waals surface area contributed by atoms with Crippen LogP contribution in [0.25, 0.3) is 11.2 Å². The molecular weight excluding hydrogens is 266 g/mol. The van der Waals surface area contributed by atoms with Crippen LogP contribution in [0.3, 0.4) is 0 Å². The van der Waals surface area contributed by atoms with Gasteiger partial charge >= 0.3 is 0 Å². The molecule has 8 heteroatoms. The molecule has 3 rings (SSSR count). The summed E-state index contributed by atoms with van der Waals surface area (Å²) in [5, 5.41) is 7.68. The Bertz CT molecular complexity index is 730. The van der Waals surface area contributed by atoms with Crippen molar-refractivity contribution in [3.63, 3.8) is 0 Å². The SMILES string of the molecule is Cc1cc(CNc2nc(Cl)nc3nc[nH]c23)n(C)n1. The first-order chi connectivity index (χ1) is 9.13. The van der Waals surface area contributed by atoms with E-state index in [-0.39, 0.29) is 5.28 Å². The zero-order chi connectivity index (χ0) is 13.4. The van der Waals surface area contributed by atoms with Gasteiger partial charge in [0, 0.05) is 7.05 Å². The third-order valence-corrected chi connectivity index (χ3v) is 2.96. The van der Waals surface area contributed by atoms with Crippen LogP contribution in [0.4, 0.5) is 5.82 Å². The molecule has 3 heterocycles. The second kappa shape index (κ2) is 4.51. The van der Waals surface area contributed by atoms with Gasteiger partial charge in [0.1, 0.15) is 5.52 Å². The molecule has 0 aliphatic rings. The number of hydrogen-bond acceptors (Lipinski definition) is 5. The summed E-state index contributed by atoms with van der Waals surface area (Å²) in [7, 11) is 1.91. The standard InChI is InChI=1S/C11H12ClN7/c1-6-3-7(19(2)18-6)4-13-9-8-10(15-5-14-8)17-11(12)16-9/h3,5H,4H2,1-2H3,(H2,13,14,15,16,17). The van der Waals surface area contributed by atoms with Crippen molar-refractivity contribution in [2.45, 2.75) is 13.5 Å². The normalized spacial score (nSPS) is 11.1. The average Bonchev–Trinajstić information content (AvgIpc) is 2.92. The van der Waals surface area contributed by atoms with Crippen LogP contribution in [0.15, 0.2) is 12.4 Å². The molecule has 0 radical (unpaired) electrons. The van der Waals surface area contributed by atoms with Gasteiger partial charge in [-0.25, -0.2) is 4.98 Å². The highest BCUT2D eigenvalue weighted by Gasteiger charge is 2.09. The molecule has 2 N–H and O–H groups in total. The second-order valence-corrected chi connectivity index (χ2v) is 4.53. The van der Waals surface area contributed by atoms with Crippen LogP contribution in [-0.2, 0) is 13.6 Å². The minimum absolute atomic E-state index is 0.170. The van der Waals surface area contributed by atoms with Crippen molar-refractivity contribution >= 4 is 28.6 Å². The lowest BCUT2D eigenvalue weighted by molar-refractivity contribution is 0.713. The molecule has 7 nitrogen and oxygen atoms in total. The van der Waals surface area contributed by atoms with Crippen molar-refractivity contribution < 1.29 is 0 Å². The Morgan fingerprint density at radius 3 is 3.00 bits per heavy atom. The number of hydrogen-bond donors (Lipinski definition) is 2. The van der Waals surface area contributed by atoms with E-state index in [4.69, 9.17) is 11.6 Å². The van der Waals surface area contributed by atoms with Crippen LogP contribution in [0.2, 0.25) is 5.28 Å². The molecule has 0 aliphatic heterocycles. The van der Waals surface area contributed by atoms with E-state index in [1.54, 1.807) is 6.33 Å². The van der Waals surface area contributed by atoms with Gasteiger partial charge in [-0.1, -0.05) is 0 Å². The number of H-pyrrole nitrogens is 1. The monoisotopic (exact) mass is 277 g/mol. The first kappa shape index (κ1) is 11.9. The van der Waals surface area contributed by atoms with E-state index >= 15 is 0 Å². The number of nitrogens with one attached hydrogen (secondary N) is 2. The van der Waals surface area contributed by atoms with E-state index in [1.807, 2.05) is 24.7 Å². The van der Waals surface area contributed by atoms with Crippen molar-refractivity contribution in [1.29, 1.82) is 0 Å². The third kappa shape index (κ3) is 2.24. The van der Waals surface area contributed by atoms with Gasteiger partial charge in [0.05, 0.1) is 24.3 Å². The van der Waals surface area contributed by atoms with E-state index in [1.165, 1.54) is 0 Å². The summed E-state index contributed by atoms with van der Waals surface area (Å²) >= 11 is 5.86. The van der Waals surface area contributed by atoms with Gasteiger partial charge in [-0.15, -0.1) is 0 Å². The molecule has 0 amide bonds. The molecule has 0 saturated carbocycles. The van der Waals surface area contributed by atoms with Gasteiger partial charge in [-0.05, 0) is 24.6 Å². The van der Waals surface area contributed by atoms with Crippen LogP contribution >= 0.6 is 11.6 Å². The fraction of sp³-hybridized carbons (Fsp3) is 0.273. The summed E-state index contributed by atoms with van der Waals surface area (Å²) in [6.07, 6.45) is 1.56. The maximum Gasteiger partial charge on any atom is 0.226 e. The molecule has 3 aromatic rings. The van der Waals surface area contributed by atoms with Crippen molar-refractivity contribution in [3.8, 4) is 0 Å². The molecule has 0 spiro atoms.